The molecule has 16 heavy (non-hydrogen) atoms. The van der Waals surface area contributed by atoms with Crippen LogP contribution in [0.3, 0.4) is 0 Å². The van der Waals surface area contributed by atoms with E-state index >= 15 is 0 Å². The van der Waals surface area contributed by atoms with E-state index < -0.39 is 5.41 Å². The second kappa shape index (κ2) is 3.53. The Morgan fingerprint density at radius 3 is 2.69 bits per heavy atom. The molecular weight excluding hydrogens is 206 g/mol. The monoisotopic (exact) mass is 217 g/mol. The van der Waals surface area contributed by atoms with E-state index in [2.05, 4.69) is 6.07 Å². The Morgan fingerprint density at radius 2 is 2.19 bits per heavy atom. The quantitative estimate of drug-likeness (QED) is 0.815. The highest BCUT2D eigenvalue weighted by Crippen LogP contribution is 2.45. The van der Waals surface area contributed by atoms with Gasteiger partial charge in [0.1, 0.15) is 17.3 Å². The fraction of sp³-hybridized carbons (Fsp3) is 0.333. The molecule has 1 aliphatic rings. The highest BCUT2D eigenvalue weighted by Gasteiger charge is 2.47. The Labute approximate surface area is 93.1 Å². The van der Waals surface area contributed by atoms with Crippen molar-refractivity contribution in [3.8, 4) is 17.6 Å². The van der Waals surface area contributed by atoms with Gasteiger partial charge in [0, 0.05) is 18.4 Å². The Balaban J connectivity index is 2.47. The highest BCUT2D eigenvalue weighted by atomic mass is 16.5. The minimum absolute atomic E-state index is 0.0369. The summed E-state index contributed by atoms with van der Waals surface area (Å²) in [6.45, 7) is 0. The molecule has 2 rings (SSSR count). The molecule has 1 fully saturated rings. The van der Waals surface area contributed by atoms with E-state index in [0.29, 0.717) is 11.3 Å². The summed E-state index contributed by atoms with van der Waals surface area (Å²) in [4.78, 5) is 11.0. The van der Waals surface area contributed by atoms with Gasteiger partial charge < -0.3 is 9.84 Å². The summed E-state index contributed by atoms with van der Waals surface area (Å²) in [6, 6.07) is 6.83. The fourth-order valence-corrected chi connectivity index (χ4v) is 1.98. The zero-order chi connectivity index (χ0) is 11.8. The maximum absolute atomic E-state index is 11.0. The van der Waals surface area contributed by atoms with Gasteiger partial charge in [-0.3, -0.25) is 4.79 Å². The van der Waals surface area contributed by atoms with Crippen LogP contribution in [-0.4, -0.2) is 18.0 Å². The van der Waals surface area contributed by atoms with E-state index in [0.717, 1.165) is 0 Å². The lowest BCUT2D eigenvalue weighted by Crippen LogP contribution is -2.40. The number of ketones is 1. The standard InChI is InChI=1S/C12H11NO3/c1-16-9-2-3-11(15)10(4-9)12(7-13)5-8(14)6-12/h2-4,15H,5-6H2,1H3. The number of phenols is 1. The van der Waals surface area contributed by atoms with E-state index in [9.17, 15) is 9.90 Å². The van der Waals surface area contributed by atoms with Crippen molar-refractivity contribution in [3.05, 3.63) is 23.8 Å². The van der Waals surface area contributed by atoms with Crippen LogP contribution < -0.4 is 4.74 Å². The molecule has 82 valence electrons. The predicted octanol–water partition coefficient (Wildman–Crippen LogP) is 1.53. The first-order valence-corrected chi connectivity index (χ1v) is 4.92. The molecular formula is C12H11NO3. The lowest BCUT2D eigenvalue weighted by Gasteiger charge is -2.34. The van der Waals surface area contributed by atoms with Gasteiger partial charge >= 0.3 is 0 Å². The molecule has 0 saturated heterocycles. The number of Topliss-reactive ketones (excluding diaryl/α,β-unsaturated/α-hetero) is 1. The van der Waals surface area contributed by atoms with Crippen LogP contribution in [0.1, 0.15) is 18.4 Å². The molecule has 1 aromatic rings. The molecule has 0 aliphatic heterocycles. The summed E-state index contributed by atoms with van der Waals surface area (Å²) in [5.41, 5.74) is -0.385. The maximum atomic E-state index is 11.0. The number of nitrogens with zero attached hydrogens (tertiary/aromatic N) is 1. The molecule has 0 bridgehead atoms. The smallest absolute Gasteiger partial charge is 0.136 e. The zero-order valence-corrected chi connectivity index (χ0v) is 8.86. The molecule has 0 heterocycles. The predicted molar refractivity (Wildman–Crippen MR) is 56.2 cm³/mol. The van der Waals surface area contributed by atoms with Crippen LogP contribution in [0, 0.1) is 11.3 Å². The highest BCUT2D eigenvalue weighted by molar-refractivity contribution is 5.90. The van der Waals surface area contributed by atoms with E-state index in [-0.39, 0.29) is 24.4 Å². The van der Waals surface area contributed by atoms with Gasteiger partial charge in [0.2, 0.25) is 0 Å². The first-order valence-electron chi connectivity index (χ1n) is 4.92. The van der Waals surface area contributed by atoms with Crippen LogP contribution in [0.4, 0.5) is 0 Å². The normalized spacial score (nSPS) is 17.4. The molecule has 0 amide bonds. The van der Waals surface area contributed by atoms with Crippen molar-refractivity contribution in [2.24, 2.45) is 0 Å². The fourth-order valence-electron chi connectivity index (χ4n) is 1.98. The van der Waals surface area contributed by atoms with Gasteiger partial charge in [-0.05, 0) is 18.2 Å². The molecule has 0 spiro atoms. The lowest BCUT2D eigenvalue weighted by atomic mass is 9.64. The molecule has 0 aromatic heterocycles. The summed E-state index contributed by atoms with van der Waals surface area (Å²) in [5.74, 6) is 0.653. The van der Waals surface area contributed by atoms with E-state index in [4.69, 9.17) is 10.00 Å². The largest absolute Gasteiger partial charge is 0.508 e. The Hall–Kier alpha value is -2.02. The minimum atomic E-state index is -0.865. The minimum Gasteiger partial charge on any atom is -0.508 e. The third kappa shape index (κ3) is 1.41. The molecule has 1 aromatic carbocycles. The van der Waals surface area contributed by atoms with Gasteiger partial charge in [-0.1, -0.05) is 0 Å². The SMILES string of the molecule is COc1ccc(O)c(C2(C#N)CC(=O)C2)c1. The van der Waals surface area contributed by atoms with Crippen molar-refractivity contribution in [2.75, 3.05) is 7.11 Å². The number of aromatic hydroxyl groups is 1. The maximum Gasteiger partial charge on any atom is 0.136 e. The summed E-state index contributed by atoms with van der Waals surface area (Å²) in [7, 11) is 1.52. The number of methoxy groups -OCH3 is 1. The number of carbonyl (C=O) groups excluding carboxylic acids is 1. The average molecular weight is 217 g/mol. The first-order chi connectivity index (χ1) is 7.61. The Kier molecular flexibility index (Phi) is 2.31. The summed E-state index contributed by atoms with van der Waals surface area (Å²) < 4.78 is 5.04. The zero-order valence-electron chi connectivity index (χ0n) is 8.86. The van der Waals surface area contributed by atoms with Crippen molar-refractivity contribution in [1.29, 1.82) is 5.26 Å². The van der Waals surface area contributed by atoms with Crippen LogP contribution in [0.25, 0.3) is 0 Å². The molecule has 1 N–H and O–H groups in total. The van der Waals surface area contributed by atoms with Gasteiger partial charge in [0.15, 0.2) is 0 Å². The molecule has 1 saturated carbocycles. The number of benzene rings is 1. The van der Waals surface area contributed by atoms with Gasteiger partial charge in [-0.2, -0.15) is 5.26 Å². The topological polar surface area (TPSA) is 70.3 Å². The van der Waals surface area contributed by atoms with Gasteiger partial charge in [0.05, 0.1) is 18.6 Å². The summed E-state index contributed by atoms with van der Waals surface area (Å²) >= 11 is 0. The van der Waals surface area contributed by atoms with Crippen LogP contribution in [0.2, 0.25) is 0 Å². The molecule has 0 radical (unpaired) electrons. The molecule has 4 nitrogen and oxygen atoms in total. The average Bonchev–Trinajstić information content (AvgIpc) is 2.25. The lowest BCUT2D eigenvalue weighted by molar-refractivity contribution is -0.126. The molecule has 1 aliphatic carbocycles. The van der Waals surface area contributed by atoms with E-state index in [1.54, 1.807) is 12.1 Å². The number of ether oxygens (including phenoxy) is 1. The number of hydrogen-bond acceptors (Lipinski definition) is 4. The molecule has 0 unspecified atom stereocenters. The molecule has 0 atom stereocenters. The van der Waals surface area contributed by atoms with Crippen molar-refractivity contribution >= 4 is 5.78 Å². The number of rotatable bonds is 2. The third-order valence-electron chi connectivity index (χ3n) is 2.93. The number of nitriles is 1. The second-order valence-electron chi connectivity index (χ2n) is 3.97. The summed E-state index contributed by atoms with van der Waals surface area (Å²) in [6.07, 6.45) is 0.342. The van der Waals surface area contributed by atoms with Crippen LogP contribution in [0.15, 0.2) is 18.2 Å². The second-order valence-corrected chi connectivity index (χ2v) is 3.97. The Bertz CT molecular complexity index is 480. The molecule has 4 heteroatoms. The van der Waals surface area contributed by atoms with Crippen molar-refractivity contribution < 1.29 is 14.6 Å². The number of carbonyl (C=O) groups is 1. The van der Waals surface area contributed by atoms with Gasteiger partial charge in [-0.15, -0.1) is 0 Å². The summed E-state index contributed by atoms with van der Waals surface area (Å²) in [5, 5.41) is 18.9. The van der Waals surface area contributed by atoms with Crippen molar-refractivity contribution in [2.45, 2.75) is 18.3 Å². The van der Waals surface area contributed by atoms with E-state index in [1.165, 1.54) is 13.2 Å². The number of hydrogen-bond donors (Lipinski definition) is 1. The number of phenolic OH excluding ortho intramolecular Hbond substituents is 1. The van der Waals surface area contributed by atoms with Crippen LogP contribution in [-0.2, 0) is 10.2 Å². The van der Waals surface area contributed by atoms with Crippen LogP contribution >= 0.6 is 0 Å². The third-order valence-corrected chi connectivity index (χ3v) is 2.93. The first kappa shape index (κ1) is 10.5. The van der Waals surface area contributed by atoms with Gasteiger partial charge in [-0.25, -0.2) is 0 Å². The Morgan fingerprint density at radius 1 is 1.50 bits per heavy atom. The van der Waals surface area contributed by atoms with Crippen LogP contribution in [0.5, 0.6) is 11.5 Å². The van der Waals surface area contributed by atoms with Gasteiger partial charge in [0.25, 0.3) is 0 Å². The van der Waals surface area contributed by atoms with E-state index in [1.807, 2.05) is 0 Å². The van der Waals surface area contributed by atoms with Crippen molar-refractivity contribution in [1.82, 2.24) is 0 Å². The van der Waals surface area contributed by atoms with Crippen molar-refractivity contribution in [3.63, 3.8) is 0 Å².